The van der Waals surface area contributed by atoms with Crippen molar-refractivity contribution in [1.82, 2.24) is 9.88 Å². The maximum Gasteiger partial charge on any atom is 0.295 e. The minimum Gasteiger partial charge on any atom is -0.507 e. The van der Waals surface area contributed by atoms with E-state index in [0.717, 1.165) is 49.0 Å². The molecule has 1 aliphatic heterocycles. The van der Waals surface area contributed by atoms with Gasteiger partial charge in [-0.15, -0.1) is 0 Å². The van der Waals surface area contributed by atoms with Crippen LogP contribution in [0.15, 0.2) is 48.3 Å². The summed E-state index contributed by atoms with van der Waals surface area (Å²) in [5.41, 5.74) is 2.22. The lowest BCUT2D eigenvalue weighted by Gasteiger charge is -2.30. The van der Waals surface area contributed by atoms with Crippen molar-refractivity contribution in [3.05, 3.63) is 65.0 Å². The van der Waals surface area contributed by atoms with Crippen molar-refractivity contribution in [3.8, 4) is 5.75 Å². The van der Waals surface area contributed by atoms with Crippen molar-refractivity contribution >= 4 is 17.4 Å². The van der Waals surface area contributed by atoms with Crippen LogP contribution in [0.3, 0.4) is 0 Å². The molecule has 1 aliphatic carbocycles. The number of ether oxygens (including phenoxy) is 1. The molecule has 1 atom stereocenters. The van der Waals surface area contributed by atoms with Crippen LogP contribution in [-0.2, 0) is 9.59 Å². The lowest BCUT2D eigenvalue weighted by molar-refractivity contribution is -0.141. The number of rotatable bonds is 6. The Bertz CT molecular complexity index is 1010. The third-order valence-corrected chi connectivity index (χ3v) is 6.11. The summed E-state index contributed by atoms with van der Waals surface area (Å²) in [6.45, 7) is 4.55. The minimum atomic E-state index is -0.637. The number of hydrogen-bond donors (Lipinski definition) is 1. The number of aliphatic hydroxyl groups excluding tert-OH is 1. The molecule has 2 fully saturated rings. The summed E-state index contributed by atoms with van der Waals surface area (Å²) in [6, 6.07) is 8.33. The van der Waals surface area contributed by atoms with Crippen molar-refractivity contribution in [2.75, 3.05) is 6.61 Å². The van der Waals surface area contributed by atoms with Gasteiger partial charge in [0, 0.05) is 24.0 Å². The van der Waals surface area contributed by atoms with E-state index in [4.69, 9.17) is 4.74 Å². The van der Waals surface area contributed by atoms with Gasteiger partial charge >= 0.3 is 0 Å². The molecule has 1 N–H and O–H groups in total. The smallest absolute Gasteiger partial charge is 0.295 e. The van der Waals surface area contributed by atoms with Gasteiger partial charge in [0.1, 0.15) is 11.5 Å². The molecule has 1 aromatic carbocycles. The van der Waals surface area contributed by atoms with E-state index in [1.807, 2.05) is 19.9 Å². The van der Waals surface area contributed by atoms with Gasteiger partial charge in [0.15, 0.2) is 0 Å². The Labute approximate surface area is 182 Å². The van der Waals surface area contributed by atoms with Crippen LogP contribution in [0.5, 0.6) is 5.75 Å². The molecule has 1 unspecified atom stereocenters. The second-order valence-electron chi connectivity index (χ2n) is 8.26. The minimum absolute atomic E-state index is 0.00138. The van der Waals surface area contributed by atoms with Gasteiger partial charge in [0.05, 0.1) is 18.2 Å². The number of carbonyl (C=O) groups is 2. The summed E-state index contributed by atoms with van der Waals surface area (Å²) in [6.07, 6.45) is 8.02. The molecule has 162 valence electrons. The van der Waals surface area contributed by atoms with Gasteiger partial charge in [-0.05, 0) is 61.6 Å². The third kappa shape index (κ3) is 3.94. The predicted molar refractivity (Wildman–Crippen MR) is 118 cm³/mol. The first-order valence-electron chi connectivity index (χ1n) is 11.0. The van der Waals surface area contributed by atoms with Gasteiger partial charge in [-0.2, -0.15) is 0 Å². The molecule has 4 rings (SSSR count). The number of pyridine rings is 1. The summed E-state index contributed by atoms with van der Waals surface area (Å²) < 4.78 is 5.72. The van der Waals surface area contributed by atoms with E-state index < -0.39 is 17.7 Å². The largest absolute Gasteiger partial charge is 0.507 e. The van der Waals surface area contributed by atoms with E-state index >= 15 is 0 Å². The SMILES string of the molecule is CCCOc1ccc(/C(O)=C2/C(=O)C(=O)N(C3CCCC3)C2c2cccnc2)cc1C. The molecule has 6 heteroatoms. The fourth-order valence-corrected chi connectivity index (χ4v) is 4.60. The zero-order valence-corrected chi connectivity index (χ0v) is 18.0. The van der Waals surface area contributed by atoms with Gasteiger partial charge < -0.3 is 14.7 Å². The van der Waals surface area contributed by atoms with Crippen LogP contribution in [0.4, 0.5) is 0 Å². The highest BCUT2D eigenvalue weighted by molar-refractivity contribution is 6.46. The van der Waals surface area contributed by atoms with E-state index in [2.05, 4.69) is 4.98 Å². The molecule has 1 aromatic heterocycles. The summed E-state index contributed by atoms with van der Waals surface area (Å²) in [5, 5.41) is 11.2. The molecule has 2 aliphatic rings. The molecule has 6 nitrogen and oxygen atoms in total. The number of nitrogens with zero attached hydrogens (tertiary/aromatic N) is 2. The van der Waals surface area contributed by atoms with E-state index in [1.54, 1.807) is 41.6 Å². The summed E-state index contributed by atoms with van der Waals surface area (Å²) >= 11 is 0. The van der Waals surface area contributed by atoms with Crippen LogP contribution in [-0.4, -0.2) is 39.3 Å². The molecule has 1 saturated carbocycles. The lowest BCUT2D eigenvalue weighted by atomic mass is 9.95. The Morgan fingerprint density at radius 3 is 2.65 bits per heavy atom. The highest BCUT2D eigenvalue weighted by Gasteiger charge is 2.49. The second-order valence-corrected chi connectivity index (χ2v) is 8.26. The highest BCUT2D eigenvalue weighted by Crippen LogP contribution is 2.43. The Balaban J connectivity index is 1.80. The molecule has 31 heavy (non-hydrogen) atoms. The fourth-order valence-electron chi connectivity index (χ4n) is 4.60. The van der Waals surface area contributed by atoms with E-state index in [9.17, 15) is 14.7 Å². The molecule has 2 aromatic rings. The van der Waals surface area contributed by atoms with E-state index in [-0.39, 0.29) is 17.4 Å². The maximum absolute atomic E-state index is 13.1. The zero-order chi connectivity index (χ0) is 22.0. The number of aryl methyl sites for hydroxylation is 1. The van der Waals surface area contributed by atoms with Crippen molar-refractivity contribution in [3.63, 3.8) is 0 Å². The average Bonchev–Trinajstić information content (AvgIpc) is 3.40. The van der Waals surface area contributed by atoms with E-state index in [1.165, 1.54) is 0 Å². The summed E-state index contributed by atoms with van der Waals surface area (Å²) in [4.78, 5) is 32.0. The molecular weight excluding hydrogens is 392 g/mol. The van der Waals surface area contributed by atoms with E-state index in [0.29, 0.717) is 12.2 Å². The van der Waals surface area contributed by atoms with Crippen molar-refractivity contribution in [2.24, 2.45) is 0 Å². The zero-order valence-electron chi connectivity index (χ0n) is 18.0. The maximum atomic E-state index is 13.1. The van der Waals surface area contributed by atoms with Crippen molar-refractivity contribution < 1.29 is 19.4 Å². The monoisotopic (exact) mass is 420 g/mol. The molecule has 0 bridgehead atoms. The first kappa shape index (κ1) is 21.1. The topological polar surface area (TPSA) is 79.7 Å². The van der Waals surface area contributed by atoms with Crippen LogP contribution in [0.1, 0.15) is 61.8 Å². The van der Waals surface area contributed by atoms with Gasteiger partial charge in [-0.1, -0.05) is 25.8 Å². The Morgan fingerprint density at radius 2 is 2.00 bits per heavy atom. The molecule has 1 amide bonds. The number of amides is 1. The summed E-state index contributed by atoms with van der Waals surface area (Å²) in [5.74, 6) is -0.587. The number of aromatic nitrogens is 1. The highest BCUT2D eigenvalue weighted by atomic mass is 16.5. The number of Topliss-reactive ketones (excluding diaryl/α,β-unsaturated/α-hetero) is 1. The van der Waals surface area contributed by atoms with Crippen LogP contribution >= 0.6 is 0 Å². The number of likely N-dealkylation sites (tertiary alicyclic amines) is 1. The van der Waals surface area contributed by atoms with Crippen molar-refractivity contribution in [1.29, 1.82) is 0 Å². The molecular formula is C25H28N2O4. The van der Waals surface area contributed by atoms with Crippen LogP contribution in [0.2, 0.25) is 0 Å². The molecule has 2 heterocycles. The first-order valence-corrected chi connectivity index (χ1v) is 11.0. The standard InChI is InChI=1S/C25H28N2O4/c1-3-13-31-20-11-10-17(14-16(20)2)23(28)21-22(18-7-6-12-26-15-18)27(25(30)24(21)29)19-8-4-5-9-19/h6-7,10-12,14-15,19,22,28H,3-5,8-9,13H2,1-2H3/b23-21-. The summed E-state index contributed by atoms with van der Waals surface area (Å²) in [7, 11) is 0. The van der Waals surface area contributed by atoms with Crippen LogP contribution in [0.25, 0.3) is 5.76 Å². The number of hydrogen-bond acceptors (Lipinski definition) is 5. The predicted octanol–water partition coefficient (Wildman–Crippen LogP) is 4.54. The molecule has 1 saturated heterocycles. The molecule has 0 spiro atoms. The van der Waals surface area contributed by atoms with Crippen molar-refractivity contribution in [2.45, 2.75) is 58.0 Å². The average molecular weight is 421 g/mol. The van der Waals surface area contributed by atoms with Gasteiger partial charge in [0.2, 0.25) is 0 Å². The van der Waals surface area contributed by atoms with Crippen LogP contribution < -0.4 is 4.74 Å². The normalized spacial score (nSPS) is 21.1. The Hall–Kier alpha value is -3.15. The van der Waals surface area contributed by atoms with Crippen LogP contribution in [0, 0.1) is 6.92 Å². The lowest BCUT2D eigenvalue weighted by Crippen LogP contribution is -2.37. The Kier molecular flexibility index (Phi) is 6.07. The van der Waals surface area contributed by atoms with Gasteiger partial charge in [-0.25, -0.2) is 0 Å². The number of benzene rings is 1. The quantitative estimate of drug-likeness (QED) is 0.422. The number of ketones is 1. The molecule has 0 radical (unpaired) electrons. The first-order chi connectivity index (χ1) is 15.0. The number of carbonyl (C=O) groups excluding carboxylic acids is 2. The third-order valence-electron chi connectivity index (χ3n) is 6.11. The number of aliphatic hydroxyl groups is 1. The van der Waals surface area contributed by atoms with Gasteiger partial charge in [0.25, 0.3) is 11.7 Å². The second kappa shape index (κ2) is 8.92. The van der Waals surface area contributed by atoms with Gasteiger partial charge in [-0.3, -0.25) is 14.6 Å². The fraction of sp³-hybridized carbons (Fsp3) is 0.400. The Morgan fingerprint density at radius 1 is 1.23 bits per heavy atom.